The SMILES string of the molecule is COc1ccc(Cn2c3c(c4ccccc42)CCN2CN(S(=O)(=O)c4ccccc4)c4ccccc4C24CCN=C34)cc1. The predicted octanol–water partition coefficient (Wildman–Crippen LogP) is 5.81. The number of fused-ring (bicyclic) bond motifs is 5. The molecule has 1 atom stereocenters. The van der Waals surface area contributed by atoms with Crippen molar-refractivity contribution in [1.82, 2.24) is 9.47 Å². The van der Waals surface area contributed by atoms with Crippen LogP contribution in [0.3, 0.4) is 0 Å². The zero-order chi connectivity index (χ0) is 29.2. The van der Waals surface area contributed by atoms with Crippen molar-refractivity contribution in [2.45, 2.75) is 29.8 Å². The van der Waals surface area contributed by atoms with Gasteiger partial charge in [-0.1, -0.05) is 66.7 Å². The first-order valence-electron chi connectivity index (χ1n) is 14.7. The Morgan fingerprint density at radius 3 is 2.44 bits per heavy atom. The van der Waals surface area contributed by atoms with Crippen molar-refractivity contribution in [1.29, 1.82) is 0 Å². The van der Waals surface area contributed by atoms with E-state index in [0.717, 1.165) is 42.1 Å². The molecule has 3 aliphatic heterocycles. The van der Waals surface area contributed by atoms with Crippen LogP contribution in [0.1, 0.15) is 28.8 Å². The van der Waals surface area contributed by atoms with E-state index in [1.807, 2.05) is 36.4 Å². The Balaban J connectivity index is 1.32. The maximum Gasteiger partial charge on any atom is 0.265 e. The first-order valence-corrected chi connectivity index (χ1v) is 16.2. The topological polar surface area (TPSA) is 67.1 Å². The number of ether oxygens (including phenoxy) is 1. The second-order valence-corrected chi connectivity index (χ2v) is 13.3. The third-order valence-electron chi connectivity index (χ3n) is 9.36. The summed E-state index contributed by atoms with van der Waals surface area (Å²) >= 11 is 0. The number of rotatable bonds is 5. The predicted molar refractivity (Wildman–Crippen MR) is 170 cm³/mol. The maximum atomic E-state index is 14.1. The van der Waals surface area contributed by atoms with Crippen molar-refractivity contribution in [3.05, 3.63) is 126 Å². The summed E-state index contributed by atoms with van der Waals surface area (Å²) in [7, 11) is -2.09. The fourth-order valence-corrected chi connectivity index (χ4v) is 8.86. The zero-order valence-electron chi connectivity index (χ0n) is 24.0. The van der Waals surface area contributed by atoms with Gasteiger partial charge in [-0.2, -0.15) is 0 Å². The van der Waals surface area contributed by atoms with Crippen LogP contribution in [0.5, 0.6) is 5.75 Å². The van der Waals surface area contributed by atoms with E-state index in [-0.39, 0.29) is 6.67 Å². The van der Waals surface area contributed by atoms with E-state index < -0.39 is 15.6 Å². The number of aliphatic imine (C=N–C) groups is 1. The summed E-state index contributed by atoms with van der Waals surface area (Å²) in [5.41, 5.74) is 7.11. The van der Waals surface area contributed by atoms with Crippen LogP contribution in [-0.2, 0) is 28.5 Å². The summed E-state index contributed by atoms with van der Waals surface area (Å²) in [5.74, 6) is 0.837. The molecule has 0 N–H and O–H groups in total. The Hall–Kier alpha value is -4.40. The molecule has 0 amide bonds. The van der Waals surface area contributed by atoms with Gasteiger partial charge in [0.25, 0.3) is 10.0 Å². The van der Waals surface area contributed by atoms with Crippen LogP contribution in [0, 0.1) is 0 Å². The normalized spacial score (nSPS) is 19.7. The molecule has 0 bridgehead atoms. The molecule has 0 saturated carbocycles. The zero-order valence-corrected chi connectivity index (χ0v) is 24.8. The lowest BCUT2D eigenvalue weighted by molar-refractivity contribution is 0.148. The Kier molecular flexibility index (Phi) is 6.00. The summed E-state index contributed by atoms with van der Waals surface area (Å²) < 4.78 is 37.6. The second-order valence-electron chi connectivity index (χ2n) is 11.5. The number of hydrogen-bond donors (Lipinski definition) is 0. The van der Waals surface area contributed by atoms with E-state index >= 15 is 0 Å². The molecule has 1 unspecified atom stereocenters. The molecule has 7 nitrogen and oxygen atoms in total. The fraction of sp³-hybridized carbons (Fsp3) is 0.229. The number of para-hydroxylation sites is 2. The molecule has 1 spiro atoms. The van der Waals surface area contributed by atoms with Gasteiger partial charge in [0.05, 0.1) is 41.3 Å². The monoisotopic (exact) mass is 588 g/mol. The van der Waals surface area contributed by atoms with Gasteiger partial charge >= 0.3 is 0 Å². The van der Waals surface area contributed by atoms with Crippen LogP contribution in [-0.4, -0.2) is 50.5 Å². The average molecular weight is 589 g/mol. The number of aromatic nitrogens is 1. The largest absolute Gasteiger partial charge is 0.497 e. The summed E-state index contributed by atoms with van der Waals surface area (Å²) in [6.07, 6.45) is 1.61. The highest BCUT2D eigenvalue weighted by Crippen LogP contribution is 2.51. The number of hydrogen-bond acceptors (Lipinski definition) is 5. The van der Waals surface area contributed by atoms with Crippen molar-refractivity contribution >= 4 is 32.3 Å². The number of anilines is 1. The van der Waals surface area contributed by atoms with Gasteiger partial charge in [-0.3, -0.25) is 14.2 Å². The maximum absolute atomic E-state index is 14.1. The minimum absolute atomic E-state index is 0.272. The van der Waals surface area contributed by atoms with E-state index in [1.54, 1.807) is 35.7 Å². The third-order valence-corrected chi connectivity index (χ3v) is 11.1. The van der Waals surface area contributed by atoms with Gasteiger partial charge in [-0.15, -0.1) is 0 Å². The number of methoxy groups -OCH3 is 1. The standard InChI is InChI=1S/C35H32N4O3S/c1-42-26-17-15-25(16-18-26)23-38-31-13-7-5-11-28(31)29-19-22-37-24-39(43(40,41)27-9-3-2-4-10-27)32-14-8-6-12-30(32)35(37)20-21-36-34(35)33(29)38/h2-18H,19-24H2,1H3. The molecule has 0 fully saturated rings. The highest BCUT2D eigenvalue weighted by molar-refractivity contribution is 7.92. The average Bonchev–Trinajstić information content (AvgIpc) is 3.57. The number of sulfonamides is 1. The summed E-state index contributed by atoms with van der Waals surface area (Å²) in [4.78, 5) is 7.94. The first kappa shape index (κ1) is 26.2. The lowest BCUT2D eigenvalue weighted by Gasteiger charge is -2.49. The minimum Gasteiger partial charge on any atom is -0.497 e. The third kappa shape index (κ3) is 3.83. The highest BCUT2D eigenvalue weighted by atomic mass is 32.2. The van der Waals surface area contributed by atoms with Gasteiger partial charge in [0, 0.05) is 36.1 Å². The molecule has 43 heavy (non-hydrogen) atoms. The first-order chi connectivity index (χ1) is 21.0. The van der Waals surface area contributed by atoms with Crippen molar-refractivity contribution in [2.24, 2.45) is 4.99 Å². The van der Waals surface area contributed by atoms with E-state index in [0.29, 0.717) is 18.0 Å². The molecule has 0 radical (unpaired) electrons. The molecule has 8 heteroatoms. The van der Waals surface area contributed by atoms with E-state index in [2.05, 4.69) is 51.9 Å². The Morgan fingerprint density at radius 2 is 1.63 bits per heavy atom. The second kappa shape index (κ2) is 9.82. The van der Waals surface area contributed by atoms with E-state index in [1.165, 1.54) is 27.7 Å². The van der Waals surface area contributed by atoms with Crippen LogP contribution in [0.2, 0.25) is 0 Å². The molecule has 5 aromatic rings. The molecule has 4 heterocycles. The Labute approximate surface area is 251 Å². The van der Waals surface area contributed by atoms with Gasteiger partial charge in [0.15, 0.2) is 0 Å². The van der Waals surface area contributed by atoms with E-state index in [9.17, 15) is 8.42 Å². The molecular weight excluding hydrogens is 556 g/mol. The van der Waals surface area contributed by atoms with Crippen LogP contribution < -0.4 is 9.04 Å². The van der Waals surface area contributed by atoms with Crippen LogP contribution in [0.4, 0.5) is 5.69 Å². The number of benzene rings is 4. The summed E-state index contributed by atoms with van der Waals surface area (Å²) in [6.45, 7) is 2.38. The quantitative estimate of drug-likeness (QED) is 0.260. The Morgan fingerprint density at radius 1 is 0.884 bits per heavy atom. The number of nitrogens with zero attached hydrogens (tertiary/aromatic N) is 4. The molecule has 1 aromatic heterocycles. The molecular formula is C35H32N4O3S. The van der Waals surface area contributed by atoms with Gasteiger partial charge in [0.2, 0.25) is 0 Å². The van der Waals surface area contributed by atoms with Gasteiger partial charge < -0.3 is 9.30 Å². The van der Waals surface area contributed by atoms with Crippen molar-refractivity contribution in [3.63, 3.8) is 0 Å². The Bertz CT molecular complexity index is 2000. The van der Waals surface area contributed by atoms with Gasteiger partial charge in [-0.25, -0.2) is 8.42 Å². The lowest BCUT2D eigenvalue weighted by Crippen LogP contribution is -2.59. The van der Waals surface area contributed by atoms with Crippen molar-refractivity contribution in [2.75, 3.05) is 31.2 Å². The van der Waals surface area contributed by atoms with Crippen LogP contribution >= 0.6 is 0 Å². The molecule has 0 aliphatic carbocycles. The summed E-state index contributed by atoms with van der Waals surface area (Å²) in [5, 5.41) is 1.23. The van der Waals surface area contributed by atoms with Crippen molar-refractivity contribution < 1.29 is 13.2 Å². The smallest absolute Gasteiger partial charge is 0.265 e. The van der Waals surface area contributed by atoms with Crippen LogP contribution in [0.25, 0.3) is 10.9 Å². The molecule has 216 valence electrons. The highest BCUT2D eigenvalue weighted by Gasteiger charge is 2.54. The van der Waals surface area contributed by atoms with Gasteiger partial charge in [0.1, 0.15) is 5.75 Å². The lowest BCUT2D eigenvalue weighted by atomic mass is 9.79. The molecule has 8 rings (SSSR count). The van der Waals surface area contributed by atoms with E-state index in [4.69, 9.17) is 9.73 Å². The molecule has 0 saturated heterocycles. The molecule has 4 aromatic carbocycles. The van der Waals surface area contributed by atoms with Crippen LogP contribution in [0.15, 0.2) is 113 Å². The van der Waals surface area contributed by atoms with Crippen molar-refractivity contribution in [3.8, 4) is 5.75 Å². The van der Waals surface area contributed by atoms with Gasteiger partial charge in [-0.05, 0) is 60.4 Å². The minimum atomic E-state index is -3.78. The molecule has 3 aliphatic rings. The fourth-order valence-electron chi connectivity index (χ4n) is 7.39. The summed E-state index contributed by atoms with van der Waals surface area (Å²) in [6, 6.07) is 33.7.